The summed E-state index contributed by atoms with van der Waals surface area (Å²) in [6, 6.07) is 20.2. The number of benzene rings is 3. The molecule has 1 atom stereocenters. The summed E-state index contributed by atoms with van der Waals surface area (Å²) in [5.41, 5.74) is 1.99. The molecule has 1 aliphatic carbocycles. The van der Waals surface area contributed by atoms with Crippen molar-refractivity contribution >= 4 is 11.9 Å². The van der Waals surface area contributed by atoms with Gasteiger partial charge in [-0.15, -0.1) is 20.2 Å². The van der Waals surface area contributed by atoms with Crippen LogP contribution in [0, 0.1) is 20.2 Å². The van der Waals surface area contributed by atoms with Crippen LogP contribution in [-0.4, -0.2) is 51.7 Å². The van der Waals surface area contributed by atoms with Gasteiger partial charge in [0.25, 0.3) is 16.1 Å². The molecule has 0 radical (unpaired) electrons. The van der Waals surface area contributed by atoms with E-state index in [4.69, 9.17) is 9.47 Å². The number of carbonyl (C=O) groups excluding carboxylic acids is 2. The van der Waals surface area contributed by atoms with Crippen molar-refractivity contribution < 1.29 is 38.9 Å². The first-order valence-electron chi connectivity index (χ1n) is 15.4. The number of nitrogens with zero attached hydrogens (tertiary/aromatic N) is 3. The highest BCUT2D eigenvalue weighted by atomic mass is 17.0. The van der Waals surface area contributed by atoms with E-state index in [0.717, 1.165) is 31.2 Å². The largest absolute Gasteiger partial charge is 0.489 e. The van der Waals surface area contributed by atoms with Crippen molar-refractivity contribution in [3.05, 3.63) is 121 Å². The first-order valence-corrected chi connectivity index (χ1v) is 15.4. The molecule has 0 saturated heterocycles. The van der Waals surface area contributed by atoms with Gasteiger partial charge in [0.15, 0.2) is 6.10 Å². The zero-order valence-corrected chi connectivity index (χ0v) is 26.7. The highest BCUT2D eigenvalue weighted by molar-refractivity contribution is 5.95. The molecule has 13 heteroatoms. The fourth-order valence-corrected chi connectivity index (χ4v) is 5.47. The zero-order valence-electron chi connectivity index (χ0n) is 26.7. The number of hydrogen-bond donors (Lipinski definition) is 0. The van der Waals surface area contributed by atoms with Crippen LogP contribution in [0.3, 0.4) is 0 Å². The van der Waals surface area contributed by atoms with Gasteiger partial charge in [-0.25, -0.2) is 4.79 Å². The van der Waals surface area contributed by atoms with Gasteiger partial charge >= 0.3 is 5.97 Å². The molecule has 0 N–H and O–H groups in total. The van der Waals surface area contributed by atoms with Crippen LogP contribution >= 0.6 is 0 Å². The summed E-state index contributed by atoms with van der Waals surface area (Å²) in [6.07, 6.45) is 3.58. The molecule has 0 aliphatic heterocycles. The second-order valence-electron chi connectivity index (χ2n) is 12.3. The monoisotopic (exact) mass is 649 g/mol. The van der Waals surface area contributed by atoms with Crippen LogP contribution < -0.4 is 4.74 Å². The van der Waals surface area contributed by atoms with Crippen LogP contribution in [0.2, 0.25) is 0 Å². The Morgan fingerprint density at radius 3 is 1.89 bits per heavy atom. The predicted octanol–water partition coefficient (Wildman–Crippen LogP) is 6.31. The van der Waals surface area contributed by atoms with E-state index >= 15 is 0 Å². The standard InChI is InChI=1S/C34H39N3O10/c1-34(2,3)35(32(38)27-16-12-24(13-17-27)21-45-36(40)41)20-29(23-44-31-11-7-6-10-30(31)26-8-4-5-9-26)47-33(39)28-18-14-25(15-19-28)22-46-37(42)43/h6-7,10-19,26,29H,4-5,8-9,20-23H2,1-3H3. The van der Waals surface area contributed by atoms with Crippen LogP contribution in [-0.2, 0) is 27.6 Å². The van der Waals surface area contributed by atoms with E-state index in [-0.39, 0.29) is 37.8 Å². The molecule has 0 spiro atoms. The van der Waals surface area contributed by atoms with Crippen molar-refractivity contribution in [1.82, 2.24) is 4.90 Å². The van der Waals surface area contributed by atoms with E-state index in [9.17, 15) is 29.8 Å². The Balaban J connectivity index is 1.56. The maximum atomic E-state index is 13.9. The minimum atomic E-state index is -0.890. The first-order chi connectivity index (χ1) is 22.4. The van der Waals surface area contributed by atoms with Gasteiger partial charge in [-0.3, -0.25) is 4.79 Å². The average molecular weight is 650 g/mol. The number of amides is 1. The van der Waals surface area contributed by atoms with Crippen LogP contribution in [0.25, 0.3) is 0 Å². The molecule has 4 rings (SSSR count). The lowest BCUT2D eigenvalue weighted by molar-refractivity contribution is -0.763. The Morgan fingerprint density at radius 2 is 1.36 bits per heavy atom. The zero-order chi connectivity index (χ0) is 34.0. The Bertz CT molecular complexity index is 1530. The molecule has 47 heavy (non-hydrogen) atoms. The van der Waals surface area contributed by atoms with Crippen molar-refractivity contribution in [2.75, 3.05) is 13.2 Å². The third-order valence-electron chi connectivity index (χ3n) is 7.92. The molecular formula is C34H39N3O10. The van der Waals surface area contributed by atoms with Crippen LogP contribution in [0.15, 0.2) is 72.8 Å². The SMILES string of the molecule is CC(C)(C)N(CC(COc1ccccc1C1CCCC1)OC(=O)c1ccc(CO[N+](=O)[O-])cc1)C(=O)c1ccc(CO[N+](=O)[O-])cc1. The highest BCUT2D eigenvalue weighted by Crippen LogP contribution is 2.38. The van der Waals surface area contributed by atoms with E-state index in [1.165, 1.54) is 24.3 Å². The third kappa shape index (κ3) is 10.1. The van der Waals surface area contributed by atoms with Gasteiger partial charge in [0.1, 0.15) is 25.6 Å². The van der Waals surface area contributed by atoms with Gasteiger partial charge in [-0.05, 0) is 86.6 Å². The van der Waals surface area contributed by atoms with Crippen LogP contribution in [0.1, 0.15) is 89.8 Å². The summed E-state index contributed by atoms with van der Waals surface area (Å²) in [5.74, 6) is 0.107. The highest BCUT2D eigenvalue weighted by Gasteiger charge is 2.32. The van der Waals surface area contributed by atoms with E-state index in [0.29, 0.717) is 28.4 Å². The molecule has 1 saturated carbocycles. The van der Waals surface area contributed by atoms with E-state index in [2.05, 4.69) is 15.7 Å². The molecule has 1 amide bonds. The van der Waals surface area contributed by atoms with Crippen LogP contribution in [0.4, 0.5) is 0 Å². The lowest BCUT2D eigenvalue weighted by Gasteiger charge is -2.38. The lowest BCUT2D eigenvalue weighted by atomic mass is 9.97. The summed E-state index contributed by atoms with van der Waals surface area (Å²) < 4.78 is 12.3. The Morgan fingerprint density at radius 1 is 0.830 bits per heavy atom. The molecule has 0 aromatic heterocycles. The van der Waals surface area contributed by atoms with Gasteiger partial charge < -0.3 is 24.0 Å². The van der Waals surface area contributed by atoms with Crippen molar-refractivity contribution in [2.45, 2.75) is 77.2 Å². The minimum absolute atomic E-state index is 0.000608. The van der Waals surface area contributed by atoms with Crippen molar-refractivity contribution in [3.63, 3.8) is 0 Å². The molecule has 1 aliphatic rings. The maximum absolute atomic E-state index is 13.9. The lowest BCUT2D eigenvalue weighted by Crippen LogP contribution is -2.51. The number of ether oxygens (including phenoxy) is 2. The Kier molecular flexibility index (Phi) is 11.7. The molecule has 1 fully saturated rings. The summed E-state index contributed by atoms with van der Waals surface area (Å²) in [5, 5.41) is 19.3. The molecule has 0 bridgehead atoms. The first kappa shape index (κ1) is 34.7. The molecule has 3 aromatic rings. The van der Waals surface area contributed by atoms with Gasteiger partial charge in [-0.2, -0.15) is 0 Å². The smallest absolute Gasteiger partial charge is 0.338 e. The number of esters is 1. The van der Waals surface area contributed by atoms with E-state index in [1.807, 2.05) is 39.0 Å². The topological polar surface area (TPSA) is 161 Å². The molecule has 250 valence electrons. The molecule has 3 aromatic carbocycles. The number of hydrogen-bond acceptors (Lipinski definition) is 10. The number of carbonyl (C=O) groups is 2. The normalized spacial score (nSPS) is 13.8. The van der Waals surface area contributed by atoms with Gasteiger partial charge in [0, 0.05) is 11.1 Å². The minimum Gasteiger partial charge on any atom is -0.489 e. The van der Waals surface area contributed by atoms with Crippen molar-refractivity contribution in [2.24, 2.45) is 0 Å². The fraction of sp³-hybridized carbons (Fsp3) is 0.412. The summed E-state index contributed by atoms with van der Waals surface area (Å²) in [4.78, 5) is 58.7. The average Bonchev–Trinajstić information content (AvgIpc) is 3.59. The quantitative estimate of drug-likeness (QED) is 0.104. The number of para-hydroxylation sites is 1. The summed E-state index contributed by atoms with van der Waals surface area (Å²) in [7, 11) is 0. The Hall–Kier alpha value is -5.20. The summed E-state index contributed by atoms with van der Waals surface area (Å²) in [6.45, 7) is 5.07. The van der Waals surface area contributed by atoms with E-state index < -0.39 is 27.8 Å². The van der Waals surface area contributed by atoms with Crippen LogP contribution in [0.5, 0.6) is 5.75 Å². The molecule has 0 heterocycles. The number of rotatable bonds is 15. The maximum Gasteiger partial charge on any atom is 0.338 e. The molecular weight excluding hydrogens is 610 g/mol. The second kappa shape index (κ2) is 15.9. The Labute approximate surface area is 272 Å². The van der Waals surface area contributed by atoms with Gasteiger partial charge in [-0.1, -0.05) is 55.3 Å². The molecule has 1 unspecified atom stereocenters. The van der Waals surface area contributed by atoms with E-state index in [1.54, 1.807) is 29.2 Å². The van der Waals surface area contributed by atoms with Gasteiger partial charge in [0.2, 0.25) is 0 Å². The summed E-state index contributed by atoms with van der Waals surface area (Å²) >= 11 is 0. The van der Waals surface area contributed by atoms with Crippen molar-refractivity contribution in [3.8, 4) is 5.75 Å². The predicted molar refractivity (Wildman–Crippen MR) is 170 cm³/mol. The van der Waals surface area contributed by atoms with Gasteiger partial charge in [0.05, 0.1) is 12.1 Å². The fourth-order valence-electron chi connectivity index (χ4n) is 5.47. The second-order valence-corrected chi connectivity index (χ2v) is 12.3. The van der Waals surface area contributed by atoms with Crippen molar-refractivity contribution in [1.29, 1.82) is 0 Å². The molecule has 13 nitrogen and oxygen atoms in total. The third-order valence-corrected chi connectivity index (χ3v) is 7.92.